The molecule has 0 aromatic heterocycles. The van der Waals surface area contributed by atoms with Crippen molar-refractivity contribution in [3.63, 3.8) is 0 Å². The first-order valence-electron chi connectivity index (χ1n) is 5.66. The summed E-state index contributed by atoms with van der Waals surface area (Å²) >= 11 is 5.82. The summed E-state index contributed by atoms with van der Waals surface area (Å²) in [4.78, 5) is 0. The highest BCUT2D eigenvalue weighted by atomic mass is 35.5. The molecule has 2 rings (SSSR count). The topological polar surface area (TPSA) is 35.2 Å². The highest BCUT2D eigenvalue weighted by Gasteiger charge is 2.08. The Morgan fingerprint density at radius 2 is 1.89 bits per heavy atom. The number of rotatable bonds is 4. The molecule has 2 N–H and O–H groups in total. The molecule has 0 radical (unpaired) electrons. The Balaban J connectivity index is 2.17. The Bertz CT molecular complexity index is 590. The molecule has 0 aliphatic heterocycles. The zero-order valence-electron chi connectivity index (χ0n) is 10.00. The van der Waals surface area contributed by atoms with E-state index in [1.165, 1.54) is 24.3 Å². The Labute approximate surface area is 114 Å². The Morgan fingerprint density at radius 1 is 1.11 bits per heavy atom. The van der Waals surface area contributed by atoms with Crippen LogP contribution in [0.4, 0.5) is 8.78 Å². The minimum absolute atomic E-state index is 0.0268. The zero-order valence-corrected chi connectivity index (χ0v) is 10.8. The van der Waals surface area contributed by atoms with Crippen molar-refractivity contribution in [1.82, 2.24) is 0 Å². The molecule has 5 heteroatoms. The minimum Gasteiger partial charge on any atom is -0.489 e. The van der Waals surface area contributed by atoms with Crippen LogP contribution in [0.2, 0.25) is 5.02 Å². The van der Waals surface area contributed by atoms with E-state index in [1.54, 1.807) is 12.1 Å². The maximum Gasteiger partial charge on any atom is 0.142 e. The van der Waals surface area contributed by atoms with Gasteiger partial charge in [0.15, 0.2) is 0 Å². The predicted molar refractivity (Wildman–Crippen MR) is 70.0 cm³/mol. The van der Waals surface area contributed by atoms with Crippen LogP contribution < -0.4 is 10.5 Å². The maximum atomic E-state index is 13.2. The van der Waals surface area contributed by atoms with Crippen LogP contribution in [0, 0.1) is 11.6 Å². The molecule has 0 aliphatic rings. The zero-order chi connectivity index (χ0) is 13.8. The predicted octanol–water partition coefficient (Wildman–Crippen LogP) is 3.66. The van der Waals surface area contributed by atoms with Crippen molar-refractivity contribution in [2.45, 2.75) is 13.2 Å². The van der Waals surface area contributed by atoms with Gasteiger partial charge in [0.05, 0.1) is 5.02 Å². The molecular formula is C14H12ClF2NO. The molecule has 19 heavy (non-hydrogen) atoms. The summed E-state index contributed by atoms with van der Waals surface area (Å²) in [5.74, 6) is -0.415. The monoisotopic (exact) mass is 283 g/mol. The highest BCUT2D eigenvalue weighted by Crippen LogP contribution is 2.24. The Kier molecular flexibility index (Phi) is 4.35. The molecular weight excluding hydrogens is 272 g/mol. The number of hydrogen-bond donors (Lipinski definition) is 1. The molecule has 100 valence electrons. The summed E-state index contributed by atoms with van der Waals surface area (Å²) in [6, 6.07) is 8.56. The highest BCUT2D eigenvalue weighted by molar-refractivity contribution is 6.31. The van der Waals surface area contributed by atoms with Crippen LogP contribution in [0.5, 0.6) is 5.75 Å². The second-order valence-corrected chi connectivity index (χ2v) is 4.34. The lowest BCUT2D eigenvalue weighted by atomic mass is 10.2. The van der Waals surface area contributed by atoms with Gasteiger partial charge in [-0.3, -0.25) is 0 Å². The fourth-order valence-corrected chi connectivity index (χ4v) is 1.84. The first-order valence-corrected chi connectivity index (χ1v) is 6.04. The van der Waals surface area contributed by atoms with Crippen LogP contribution in [-0.2, 0) is 13.2 Å². The smallest absolute Gasteiger partial charge is 0.142 e. The molecule has 0 unspecified atom stereocenters. The lowest BCUT2D eigenvalue weighted by Gasteiger charge is -2.11. The van der Waals surface area contributed by atoms with E-state index in [0.717, 1.165) is 0 Å². The quantitative estimate of drug-likeness (QED) is 0.929. The van der Waals surface area contributed by atoms with Crippen LogP contribution in [0.15, 0.2) is 36.4 Å². The van der Waals surface area contributed by atoms with Crippen molar-refractivity contribution in [3.05, 3.63) is 64.2 Å². The van der Waals surface area contributed by atoms with Gasteiger partial charge in [0.1, 0.15) is 24.0 Å². The molecule has 2 aromatic rings. The molecule has 0 saturated heterocycles. The third-order valence-corrected chi connectivity index (χ3v) is 3.08. The summed E-state index contributed by atoms with van der Waals surface area (Å²) in [7, 11) is 0. The number of nitrogens with two attached hydrogens (primary N) is 1. The van der Waals surface area contributed by atoms with E-state index in [1.807, 2.05) is 0 Å². The van der Waals surface area contributed by atoms with E-state index < -0.39 is 5.82 Å². The van der Waals surface area contributed by atoms with Gasteiger partial charge in [0, 0.05) is 17.7 Å². The van der Waals surface area contributed by atoms with Gasteiger partial charge >= 0.3 is 0 Å². The first-order chi connectivity index (χ1) is 9.11. The standard InChI is InChI=1S/C14H12ClF2NO/c15-14-9(2-1-3-12(14)17)8-19-13-5-4-11(16)6-10(13)7-18/h1-6H,7-8,18H2. The normalized spacial score (nSPS) is 10.5. The number of halogens is 3. The molecule has 0 aliphatic carbocycles. The molecule has 0 saturated carbocycles. The molecule has 0 heterocycles. The van der Waals surface area contributed by atoms with Gasteiger partial charge in [-0.2, -0.15) is 0 Å². The van der Waals surface area contributed by atoms with E-state index in [9.17, 15) is 8.78 Å². The fraction of sp³-hybridized carbons (Fsp3) is 0.143. The van der Waals surface area contributed by atoms with Gasteiger partial charge in [-0.05, 0) is 24.3 Å². The van der Waals surface area contributed by atoms with Crippen molar-refractivity contribution in [3.8, 4) is 5.75 Å². The summed E-state index contributed by atoms with van der Waals surface area (Å²) in [5.41, 5.74) is 6.58. The maximum absolute atomic E-state index is 13.2. The summed E-state index contributed by atoms with van der Waals surface area (Å²) in [6.07, 6.45) is 0. The van der Waals surface area contributed by atoms with Crippen molar-refractivity contribution in [2.24, 2.45) is 5.73 Å². The van der Waals surface area contributed by atoms with Crippen LogP contribution in [-0.4, -0.2) is 0 Å². The lowest BCUT2D eigenvalue weighted by molar-refractivity contribution is 0.302. The minimum atomic E-state index is -0.499. The van der Waals surface area contributed by atoms with E-state index in [2.05, 4.69) is 0 Å². The molecule has 0 bridgehead atoms. The molecule has 0 amide bonds. The van der Waals surface area contributed by atoms with Gasteiger partial charge in [-0.1, -0.05) is 23.7 Å². The molecule has 0 spiro atoms. The summed E-state index contributed by atoms with van der Waals surface area (Å²) in [5, 5.41) is 0.0268. The van der Waals surface area contributed by atoms with Gasteiger partial charge in [0.2, 0.25) is 0 Å². The van der Waals surface area contributed by atoms with Crippen molar-refractivity contribution < 1.29 is 13.5 Å². The number of benzene rings is 2. The van der Waals surface area contributed by atoms with Crippen LogP contribution >= 0.6 is 11.6 Å². The van der Waals surface area contributed by atoms with E-state index in [0.29, 0.717) is 16.9 Å². The van der Waals surface area contributed by atoms with Gasteiger partial charge < -0.3 is 10.5 Å². The van der Waals surface area contributed by atoms with E-state index in [4.69, 9.17) is 22.1 Å². The summed E-state index contributed by atoms with van der Waals surface area (Å²) in [6.45, 7) is 0.249. The number of ether oxygens (including phenoxy) is 1. The third-order valence-electron chi connectivity index (χ3n) is 2.66. The molecule has 0 fully saturated rings. The van der Waals surface area contributed by atoms with Crippen molar-refractivity contribution in [1.29, 1.82) is 0 Å². The Morgan fingerprint density at radius 3 is 2.63 bits per heavy atom. The van der Waals surface area contributed by atoms with Crippen LogP contribution in [0.3, 0.4) is 0 Å². The second kappa shape index (κ2) is 5.99. The second-order valence-electron chi connectivity index (χ2n) is 3.96. The first kappa shape index (κ1) is 13.8. The van der Waals surface area contributed by atoms with E-state index >= 15 is 0 Å². The van der Waals surface area contributed by atoms with Gasteiger partial charge in [-0.15, -0.1) is 0 Å². The third kappa shape index (κ3) is 3.22. The number of hydrogen-bond acceptors (Lipinski definition) is 2. The largest absolute Gasteiger partial charge is 0.489 e. The average molecular weight is 284 g/mol. The van der Waals surface area contributed by atoms with Gasteiger partial charge in [-0.25, -0.2) is 8.78 Å². The van der Waals surface area contributed by atoms with Crippen LogP contribution in [0.1, 0.15) is 11.1 Å². The average Bonchev–Trinajstić information content (AvgIpc) is 2.41. The van der Waals surface area contributed by atoms with E-state index in [-0.39, 0.29) is 24.0 Å². The SMILES string of the molecule is NCc1cc(F)ccc1OCc1cccc(F)c1Cl. The molecule has 0 atom stereocenters. The van der Waals surface area contributed by atoms with Crippen molar-refractivity contribution in [2.75, 3.05) is 0 Å². The van der Waals surface area contributed by atoms with Gasteiger partial charge in [0.25, 0.3) is 0 Å². The van der Waals surface area contributed by atoms with Crippen molar-refractivity contribution >= 4 is 11.6 Å². The molecule has 2 nitrogen and oxygen atoms in total. The molecule has 2 aromatic carbocycles. The van der Waals surface area contributed by atoms with Crippen LogP contribution in [0.25, 0.3) is 0 Å². The fourth-order valence-electron chi connectivity index (χ4n) is 1.66. The Hall–Kier alpha value is -1.65. The lowest BCUT2D eigenvalue weighted by Crippen LogP contribution is -2.04. The summed E-state index contributed by atoms with van der Waals surface area (Å²) < 4.78 is 31.8.